The zero-order valence-corrected chi connectivity index (χ0v) is 47.7. The summed E-state index contributed by atoms with van der Waals surface area (Å²) in [5.74, 6) is -1.06. The number of azo groups is 2. The molecule has 0 heterocycles. The van der Waals surface area contributed by atoms with Gasteiger partial charge in [0.15, 0.2) is 5.75 Å². The Hall–Kier alpha value is -6.41. The van der Waals surface area contributed by atoms with Crippen molar-refractivity contribution in [2.75, 3.05) is 24.9 Å². The molecule has 0 bridgehead atoms. The number of carbonyl (C=O) groups is 2. The Morgan fingerprint density at radius 3 is 1.47 bits per heavy atom. The molecule has 8 aromatic rings. The largest absolute Gasteiger partial charge is 2.00 e. The SMILES string of the molecule is CCc1cc(N=Nc2c(O)c(C(=O)Nc3ccc(OC)cc3)cc3ccccc23)cc(S(=O)(=O)O)c1Cl.CCc1cc(N=Nc2c([O-])c(C(=O)Nc3ccc(OC)cc3)cc3ccccc23)cc(S(=O)(=O)[O-])c1Cl.[Ba+2]. The minimum atomic E-state index is -4.87. The summed E-state index contributed by atoms with van der Waals surface area (Å²) in [7, 11) is -6.42. The van der Waals surface area contributed by atoms with E-state index in [2.05, 4.69) is 31.1 Å². The molecular formula is C52H42BaCl2N6O12S2. The fraction of sp³-hybridized carbons (Fsp3) is 0.115. The number of methoxy groups -OCH3 is 2. The number of halogens is 2. The molecular weight excluding hydrogens is 1170 g/mol. The maximum absolute atomic E-state index is 13.3. The van der Waals surface area contributed by atoms with E-state index in [4.69, 9.17) is 32.7 Å². The van der Waals surface area contributed by atoms with Gasteiger partial charge < -0.3 is 34.9 Å². The van der Waals surface area contributed by atoms with Crippen molar-refractivity contribution in [2.45, 2.75) is 36.5 Å². The molecule has 0 unspecified atom stereocenters. The summed E-state index contributed by atoms with van der Waals surface area (Å²) in [6.07, 6.45) is 0.710. The minimum Gasteiger partial charge on any atom is -0.870 e. The van der Waals surface area contributed by atoms with Gasteiger partial charge in [0.05, 0.1) is 51.8 Å². The minimum absolute atomic E-state index is 0. The topological polar surface area (TPSA) is 281 Å². The predicted octanol–water partition coefficient (Wildman–Crippen LogP) is 12.0. The summed E-state index contributed by atoms with van der Waals surface area (Å²) >= 11 is 12.2. The van der Waals surface area contributed by atoms with Crippen LogP contribution in [0.5, 0.6) is 23.0 Å². The van der Waals surface area contributed by atoms with Crippen LogP contribution in [0.25, 0.3) is 21.5 Å². The first-order valence-corrected chi connectivity index (χ1v) is 25.6. The Balaban J connectivity index is 0.000000241. The van der Waals surface area contributed by atoms with Gasteiger partial charge in [0.25, 0.3) is 21.9 Å². The average molecular weight is 1220 g/mol. The van der Waals surface area contributed by atoms with Gasteiger partial charge in [-0.25, -0.2) is 8.42 Å². The average Bonchev–Trinajstić information content (AvgIpc) is 3.38. The summed E-state index contributed by atoms with van der Waals surface area (Å²) in [5, 5.41) is 48.0. The Labute approximate surface area is 481 Å². The Bertz CT molecular complexity index is 3530. The van der Waals surface area contributed by atoms with Crippen LogP contribution in [-0.2, 0) is 33.1 Å². The van der Waals surface area contributed by atoms with Gasteiger partial charge in [0.1, 0.15) is 32.2 Å². The number of nitrogens with one attached hydrogen (secondary N) is 2. The fourth-order valence-corrected chi connectivity index (χ4v) is 9.71. The van der Waals surface area contributed by atoms with Crippen LogP contribution in [0.1, 0.15) is 45.7 Å². The summed E-state index contributed by atoms with van der Waals surface area (Å²) in [5.41, 5.74) is 1.59. The second-order valence-corrected chi connectivity index (χ2v) is 19.4. The molecule has 4 N–H and O–H groups in total. The first kappa shape index (κ1) is 57.9. The third kappa shape index (κ3) is 13.7. The molecule has 0 fully saturated rings. The molecule has 0 saturated carbocycles. The van der Waals surface area contributed by atoms with E-state index in [9.17, 15) is 45.7 Å². The number of ether oxygens (including phenoxy) is 2. The fourth-order valence-electron chi connectivity index (χ4n) is 7.41. The molecule has 0 aromatic heterocycles. The van der Waals surface area contributed by atoms with Crippen molar-refractivity contribution in [3.8, 4) is 23.0 Å². The molecule has 23 heteroatoms. The van der Waals surface area contributed by atoms with Gasteiger partial charge in [-0.2, -0.15) is 23.8 Å². The number of nitrogens with zero attached hydrogens (tertiary/aromatic N) is 4. The van der Waals surface area contributed by atoms with Crippen LogP contribution in [0, 0.1) is 0 Å². The standard InChI is InChI=1S/2C26H22ClN3O6S.Ba/c2*1-3-15-12-18(14-22(23(15)27)37(33,34)35)29-30-24-20-7-5-4-6-16(20)13-21(25(24)31)26(32)28-17-8-10-19(36-2)11-9-17;/h2*4-14,31H,3H2,1-2H3,(H,28,32)(H,33,34,35);/q;;+2/p-2. The predicted molar refractivity (Wildman–Crippen MR) is 284 cm³/mol. The molecule has 0 spiro atoms. The van der Waals surface area contributed by atoms with E-state index in [1.54, 1.807) is 111 Å². The Morgan fingerprint density at radius 1 is 0.600 bits per heavy atom. The van der Waals surface area contributed by atoms with Crippen LogP contribution in [0.3, 0.4) is 0 Å². The van der Waals surface area contributed by atoms with Crippen LogP contribution in [-0.4, -0.2) is 106 Å². The van der Waals surface area contributed by atoms with Gasteiger partial charge in [-0.1, -0.05) is 91.3 Å². The third-order valence-corrected chi connectivity index (χ3v) is 14.0. The van der Waals surface area contributed by atoms with Gasteiger partial charge in [-0.3, -0.25) is 14.1 Å². The number of phenolic OH excluding ortho intramolecular Hbond substituents is 1. The van der Waals surface area contributed by atoms with E-state index < -0.39 is 53.3 Å². The zero-order chi connectivity index (χ0) is 53.5. The molecule has 0 aliphatic rings. The summed E-state index contributed by atoms with van der Waals surface area (Å²) < 4.78 is 78.4. The van der Waals surface area contributed by atoms with Crippen LogP contribution in [0.2, 0.25) is 10.0 Å². The van der Waals surface area contributed by atoms with E-state index in [0.29, 0.717) is 68.4 Å². The van der Waals surface area contributed by atoms with Crippen molar-refractivity contribution in [3.05, 3.63) is 166 Å². The smallest absolute Gasteiger partial charge is 0.870 e. The van der Waals surface area contributed by atoms with Gasteiger partial charge in [-0.15, -0.1) is 5.11 Å². The van der Waals surface area contributed by atoms with Gasteiger partial charge >= 0.3 is 48.9 Å². The molecule has 8 aromatic carbocycles. The van der Waals surface area contributed by atoms with Crippen LogP contribution in [0.15, 0.2) is 164 Å². The van der Waals surface area contributed by atoms with Crippen molar-refractivity contribution in [1.29, 1.82) is 0 Å². The zero-order valence-electron chi connectivity index (χ0n) is 40.2. The number of aryl methyl sites for hydroxylation is 2. The Morgan fingerprint density at radius 2 is 1.01 bits per heavy atom. The van der Waals surface area contributed by atoms with Gasteiger partial charge in [-0.05, 0) is 120 Å². The maximum Gasteiger partial charge on any atom is 2.00 e. The number of hydrogen-bond acceptors (Lipinski definition) is 15. The molecule has 0 saturated heterocycles. The number of anilines is 2. The third-order valence-electron chi connectivity index (χ3n) is 11.2. The van der Waals surface area contributed by atoms with Crippen LogP contribution >= 0.6 is 23.2 Å². The summed E-state index contributed by atoms with van der Waals surface area (Å²) in [6.45, 7) is 3.50. The van der Waals surface area contributed by atoms with Crippen molar-refractivity contribution < 1.29 is 55.2 Å². The molecule has 0 atom stereocenters. The number of aromatic hydroxyl groups is 1. The van der Waals surface area contributed by atoms with Gasteiger partial charge in [0, 0.05) is 27.7 Å². The van der Waals surface area contributed by atoms with Crippen LogP contribution in [0.4, 0.5) is 34.1 Å². The van der Waals surface area contributed by atoms with Crippen LogP contribution < -0.4 is 25.2 Å². The molecule has 0 aliphatic heterocycles. The Kier molecular flexibility index (Phi) is 19.3. The van der Waals surface area contributed by atoms with E-state index in [1.807, 2.05) is 0 Å². The molecule has 0 radical (unpaired) electrons. The van der Waals surface area contributed by atoms with E-state index >= 15 is 0 Å². The van der Waals surface area contributed by atoms with E-state index in [0.717, 1.165) is 12.1 Å². The second kappa shape index (κ2) is 25.0. The molecule has 0 aliphatic carbocycles. The second-order valence-electron chi connectivity index (χ2n) is 15.9. The number of amides is 2. The van der Waals surface area contributed by atoms with Crippen molar-refractivity contribution >= 4 is 160 Å². The number of fused-ring (bicyclic) bond motifs is 2. The van der Waals surface area contributed by atoms with Crippen molar-refractivity contribution in [2.24, 2.45) is 20.5 Å². The van der Waals surface area contributed by atoms with Gasteiger partial charge in [0.2, 0.25) is 0 Å². The normalized spacial score (nSPS) is 11.5. The first-order chi connectivity index (χ1) is 35.2. The van der Waals surface area contributed by atoms with E-state index in [1.165, 1.54) is 38.5 Å². The molecule has 75 heavy (non-hydrogen) atoms. The molecule has 18 nitrogen and oxygen atoms in total. The van der Waals surface area contributed by atoms with Crippen molar-refractivity contribution in [3.63, 3.8) is 0 Å². The summed E-state index contributed by atoms with van der Waals surface area (Å²) in [6, 6.07) is 35.2. The monoisotopic (exact) mass is 1210 g/mol. The first-order valence-electron chi connectivity index (χ1n) is 22.0. The quantitative estimate of drug-likeness (QED) is 0.0449. The number of phenols is 1. The molecule has 2 amide bonds. The van der Waals surface area contributed by atoms with E-state index in [-0.39, 0.29) is 92.8 Å². The number of hydrogen-bond donors (Lipinski definition) is 4. The number of benzene rings is 8. The molecule has 8 rings (SSSR count). The van der Waals surface area contributed by atoms with Crippen molar-refractivity contribution in [1.82, 2.24) is 0 Å². The molecule has 380 valence electrons. The maximum atomic E-state index is 13.3. The summed E-state index contributed by atoms with van der Waals surface area (Å²) in [4.78, 5) is 24.9. The number of carbonyl (C=O) groups excluding carboxylic acids is 2. The number of rotatable bonds is 14.